The number of nitrogens with one attached hydrogen (secondary N) is 1. The number of rotatable bonds is 5. The van der Waals surface area contributed by atoms with Gasteiger partial charge in [0, 0.05) is 36.7 Å². The zero-order valence-electron chi connectivity index (χ0n) is 14.4. The van der Waals surface area contributed by atoms with Gasteiger partial charge < -0.3 is 10.2 Å². The zero-order valence-corrected chi connectivity index (χ0v) is 15.2. The number of nitrogens with zero attached hydrogens (tertiary/aromatic N) is 2. The van der Waals surface area contributed by atoms with E-state index in [0.29, 0.717) is 6.54 Å². The number of aryl methyl sites for hydroxylation is 1. The lowest BCUT2D eigenvalue weighted by Gasteiger charge is -2.39. The molecule has 2 heterocycles. The second-order valence-electron chi connectivity index (χ2n) is 6.28. The van der Waals surface area contributed by atoms with Crippen LogP contribution in [0.15, 0.2) is 41.8 Å². The Morgan fingerprint density at radius 1 is 1.17 bits per heavy atom. The highest BCUT2D eigenvalue weighted by atomic mass is 32.1. The highest BCUT2D eigenvalue weighted by molar-refractivity contribution is 7.09. The molecule has 2 aromatic rings. The molecule has 1 aromatic heterocycles. The van der Waals surface area contributed by atoms with E-state index >= 15 is 0 Å². The monoisotopic (exact) mass is 343 g/mol. The zero-order chi connectivity index (χ0) is 16.9. The lowest BCUT2D eigenvalue weighted by molar-refractivity contribution is -0.126. The first-order valence-electron chi connectivity index (χ1n) is 8.50. The van der Waals surface area contributed by atoms with E-state index in [2.05, 4.69) is 52.4 Å². The fourth-order valence-electron chi connectivity index (χ4n) is 3.17. The summed E-state index contributed by atoms with van der Waals surface area (Å²) in [5.74, 6) is 0.118. The number of hydrogen-bond donors (Lipinski definition) is 1. The normalized spacial score (nSPS) is 16.8. The lowest BCUT2D eigenvalue weighted by Crippen LogP contribution is -2.54. The van der Waals surface area contributed by atoms with Crippen LogP contribution in [-0.4, -0.2) is 43.0 Å². The summed E-state index contributed by atoms with van der Waals surface area (Å²) in [7, 11) is 0. The molecule has 0 saturated carbocycles. The molecule has 1 N–H and O–H groups in total. The number of hydrogen-bond acceptors (Lipinski definition) is 4. The van der Waals surface area contributed by atoms with Gasteiger partial charge in [-0.15, -0.1) is 11.3 Å². The van der Waals surface area contributed by atoms with Crippen molar-refractivity contribution < 1.29 is 4.79 Å². The molecule has 1 amide bonds. The van der Waals surface area contributed by atoms with Crippen molar-refractivity contribution >= 4 is 22.9 Å². The Bertz CT molecular complexity index is 663. The van der Waals surface area contributed by atoms with E-state index in [1.54, 1.807) is 11.3 Å². The van der Waals surface area contributed by atoms with Crippen LogP contribution < -0.4 is 10.2 Å². The predicted octanol–water partition coefficient (Wildman–Crippen LogP) is 2.88. The fraction of sp³-hybridized carbons (Fsp3) is 0.421. The van der Waals surface area contributed by atoms with Crippen molar-refractivity contribution in [3.63, 3.8) is 0 Å². The van der Waals surface area contributed by atoms with E-state index in [4.69, 9.17) is 0 Å². The maximum absolute atomic E-state index is 12.4. The van der Waals surface area contributed by atoms with E-state index in [9.17, 15) is 4.79 Å². The second kappa shape index (κ2) is 7.81. The molecular formula is C19H25N3OS. The number of carbonyl (C=O) groups is 1. The third-order valence-electron chi connectivity index (χ3n) is 4.71. The van der Waals surface area contributed by atoms with Gasteiger partial charge in [-0.1, -0.05) is 24.3 Å². The molecule has 1 fully saturated rings. The van der Waals surface area contributed by atoms with Gasteiger partial charge in [-0.2, -0.15) is 0 Å². The summed E-state index contributed by atoms with van der Waals surface area (Å²) in [6.07, 6.45) is 0. The number of anilines is 1. The van der Waals surface area contributed by atoms with Gasteiger partial charge in [0.05, 0.1) is 12.6 Å². The standard InChI is InChI=1S/C19H25N3OS/c1-15-6-3-4-8-18(15)22-11-9-21(10-12-22)16(2)19(23)20-14-17-7-5-13-24-17/h3-8,13,16H,9-12,14H2,1-2H3,(H,20,23). The number of carbonyl (C=O) groups excluding carboxylic acids is 1. The maximum atomic E-state index is 12.4. The molecular weight excluding hydrogens is 318 g/mol. The molecule has 5 heteroatoms. The van der Waals surface area contributed by atoms with Crippen LogP contribution in [0.4, 0.5) is 5.69 Å². The Labute approximate surface area is 148 Å². The average molecular weight is 343 g/mol. The van der Waals surface area contributed by atoms with Crippen molar-refractivity contribution in [2.75, 3.05) is 31.1 Å². The topological polar surface area (TPSA) is 35.6 Å². The molecule has 1 saturated heterocycles. The van der Waals surface area contributed by atoms with E-state index in [-0.39, 0.29) is 11.9 Å². The lowest BCUT2D eigenvalue weighted by atomic mass is 10.1. The molecule has 0 spiro atoms. The van der Waals surface area contributed by atoms with Gasteiger partial charge >= 0.3 is 0 Å². The van der Waals surface area contributed by atoms with E-state index in [1.165, 1.54) is 16.1 Å². The van der Waals surface area contributed by atoms with Gasteiger partial charge in [0.25, 0.3) is 0 Å². The first kappa shape index (κ1) is 17.0. The molecule has 128 valence electrons. The van der Waals surface area contributed by atoms with Crippen LogP contribution in [0.2, 0.25) is 0 Å². The van der Waals surface area contributed by atoms with Crippen LogP contribution in [0, 0.1) is 6.92 Å². The molecule has 24 heavy (non-hydrogen) atoms. The largest absolute Gasteiger partial charge is 0.369 e. The van der Waals surface area contributed by atoms with Gasteiger partial charge in [-0.25, -0.2) is 0 Å². The predicted molar refractivity (Wildman–Crippen MR) is 101 cm³/mol. The maximum Gasteiger partial charge on any atom is 0.237 e. The molecule has 1 aromatic carbocycles. The van der Waals surface area contributed by atoms with Crippen molar-refractivity contribution in [3.05, 3.63) is 52.2 Å². The van der Waals surface area contributed by atoms with Crippen molar-refractivity contribution in [2.24, 2.45) is 0 Å². The smallest absolute Gasteiger partial charge is 0.237 e. The SMILES string of the molecule is Cc1ccccc1N1CCN(C(C)C(=O)NCc2cccs2)CC1. The van der Waals surface area contributed by atoms with Crippen molar-refractivity contribution in [2.45, 2.75) is 26.4 Å². The Balaban J connectivity index is 1.50. The van der Waals surface area contributed by atoms with Gasteiger partial charge in [0.2, 0.25) is 5.91 Å². The molecule has 3 rings (SSSR count). The molecule has 0 aliphatic carbocycles. The summed E-state index contributed by atoms with van der Waals surface area (Å²) in [6, 6.07) is 12.5. The minimum absolute atomic E-state index is 0.0796. The van der Waals surface area contributed by atoms with Crippen LogP contribution in [0.1, 0.15) is 17.4 Å². The number of benzene rings is 1. The number of piperazine rings is 1. The minimum Gasteiger partial charge on any atom is -0.369 e. The summed E-state index contributed by atoms with van der Waals surface area (Å²) in [4.78, 5) is 18.3. The van der Waals surface area contributed by atoms with Crippen LogP contribution in [0.3, 0.4) is 0 Å². The number of amides is 1. The second-order valence-corrected chi connectivity index (χ2v) is 7.31. The quantitative estimate of drug-likeness (QED) is 0.907. The highest BCUT2D eigenvalue weighted by Gasteiger charge is 2.25. The van der Waals surface area contributed by atoms with E-state index in [1.807, 2.05) is 18.4 Å². The summed E-state index contributed by atoms with van der Waals surface area (Å²) in [5, 5.41) is 5.09. The fourth-order valence-corrected chi connectivity index (χ4v) is 3.81. The summed E-state index contributed by atoms with van der Waals surface area (Å²) in [6.45, 7) is 8.56. The Morgan fingerprint density at radius 3 is 2.58 bits per heavy atom. The van der Waals surface area contributed by atoms with Crippen LogP contribution in [0.25, 0.3) is 0 Å². The molecule has 1 aliphatic rings. The van der Waals surface area contributed by atoms with Crippen LogP contribution in [-0.2, 0) is 11.3 Å². The Morgan fingerprint density at radius 2 is 1.92 bits per heavy atom. The number of thiophene rings is 1. The van der Waals surface area contributed by atoms with Gasteiger partial charge in [0.15, 0.2) is 0 Å². The minimum atomic E-state index is -0.0796. The number of para-hydroxylation sites is 1. The summed E-state index contributed by atoms with van der Waals surface area (Å²) >= 11 is 1.68. The highest BCUT2D eigenvalue weighted by Crippen LogP contribution is 2.21. The van der Waals surface area contributed by atoms with E-state index in [0.717, 1.165) is 26.2 Å². The van der Waals surface area contributed by atoms with Crippen molar-refractivity contribution in [1.82, 2.24) is 10.2 Å². The van der Waals surface area contributed by atoms with Crippen molar-refractivity contribution in [1.29, 1.82) is 0 Å². The van der Waals surface area contributed by atoms with Crippen LogP contribution >= 0.6 is 11.3 Å². The first-order chi connectivity index (χ1) is 11.6. The molecule has 0 radical (unpaired) electrons. The van der Waals surface area contributed by atoms with Crippen LogP contribution in [0.5, 0.6) is 0 Å². The molecule has 1 unspecified atom stereocenters. The molecule has 1 atom stereocenters. The van der Waals surface area contributed by atoms with Crippen molar-refractivity contribution in [3.8, 4) is 0 Å². The average Bonchev–Trinajstić information content (AvgIpc) is 3.13. The third kappa shape index (κ3) is 3.97. The Hall–Kier alpha value is -1.85. The van der Waals surface area contributed by atoms with Gasteiger partial charge in [0.1, 0.15) is 0 Å². The van der Waals surface area contributed by atoms with Gasteiger partial charge in [-0.3, -0.25) is 9.69 Å². The molecule has 4 nitrogen and oxygen atoms in total. The third-order valence-corrected chi connectivity index (χ3v) is 5.59. The van der Waals surface area contributed by atoms with Gasteiger partial charge in [-0.05, 0) is 36.9 Å². The summed E-state index contributed by atoms with van der Waals surface area (Å²) < 4.78 is 0. The Kier molecular flexibility index (Phi) is 5.53. The first-order valence-corrected chi connectivity index (χ1v) is 9.38. The summed E-state index contributed by atoms with van der Waals surface area (Å²) in [5.41, 5.74) is 2.62. The molecule has 0 bridgehead atoms. The van der Waals surface area contributed by atoms with E-state index < -0.39 is 0 Å². The molecule has 1 aliphatic heterocycles.